The fraction of sp³-hybridized carbons (Fsp3) is 0.357. The Labute approximate surface area is 106 Å². The lowest BCUT2D eigenvalue weighted by atomic mass is 10.1. The number of esters is 1. The lowest BCUT2D eigenvalue weighted by Crippen LogP contribution is -2.24. The number of nitrogens with one attached hydrogen (secondary N) is 1. The van der Waals surface area contributed by atoms with Gasteiger partial charge in [0.15, 0.2) is 0 Å². The van der Waals surface area contributed by atoms with Crippen LogP contribution in [0.1, 0.15) is 30.4 Å². The average Bonchev–Trinajstić information content (AvgIpc) is 2.76. The summed E-state index contributed by atoms with van der Waals surface area (Å²) in [4.78, 5) is 12.0. The van der Waals surface area contributed by atoms with E-state index in [2.05, 4.69) is 16.8 Å². The number of aromatic nitrogens is 1. The minimum absolute atomic E-state index is 0.242. The van der Waals surface area contributed by atoms with Crippen molar-refractivity contribution in [1.82, 2.24) is 4.57 Å². The lowest BCUT2D eigenvalue weighted by molar-refractivity contribution is 0.0512. The number of carbonyl (C=O) groups excluding carboxylic acids is 1. The lowest BCUT2D eigenvalue weighted by Gasteiger charge is -2.25. The number of hydrogen-bond donors (Lipinski definition) is 1. The maximum Gasteiger partial charge on any atom is 0.354 e. The molecule has 0 aliphatic carbocycles. The van der Waals surface area contributed by atoms with Crippen LogP contribution < -0.4 is 5.32 Å². The van der Waals surface area contributed by atoms with E-state index in [-0.39, 0.29) is 12.0 Å². The van der Waals surface area contributed by atoms with Crippen LogP contribution in [0.2, 0.25) is 0 Å². The standard InChI is InChI=1S/C14H16N2O2/c1-3-18-14(17)12-7-10-5-4-6-11-13(10)16(12)9(2)8-15-11/h4-7,9,15H,3,8H2,1-2H3. The molecule has 4 nitrogen and oxygen atoms in total. The zero-order valence-electron chi connectivity index (χ0n) is 10.6. The molecule has 18 heavy (non-hydrogen) atoms. The highest BCUT2D eigenvalue weighted by atomic mass is 16.5. The van der Waals surface area contributed by atoms with E-state index in [4.69, 9.17) is 4.74 Å². The Morgan fingerprint density at radius 3 is 3.17 bits per heavy atom. The van der Waals surface area contributed by atoms with Gasteiger partial charge in [-0.15, -0.1) is 0 Å². The number of anilines is 1. The minimum atomic E-state index is -0.242. The monoisotopic (exact) mass is 244 g/mol. The topological polar surface area (TPSA) is 43.3 Å². The smallest absolute Gasteiger partial charge is 0.354 e. The van der Waals surface area contributed by atoms with Crippen molar-refractivity contribution in [2.24, 2.45) is 0 Å². The van der Waals surface area contributed by atoms with Crippen molar-refractivity contribution in [3.63, 3.8) is 0 Å². The summed E-state index contributed by atoms with van der Waals surface area (Å²) in [5, 5.41) is 4.47. The normalized spacial score (nSPS) is 17.6. The second-order valence-electron chi connectivity index (χ2n) is 4.59. The summed E-state index contributed by atoms with van der Waals surface area (Å²) in [6, 6.07) is 8.23. The summed E-state index contributed by atoms with van der Waals surface area (Å²) >= 11 is 0. The Morgan fingerprint density at radius 1 is 1.56 bits per heavy atom. The second kappa shape index (κ2) is 4.05. The molecule has 2 heterocycles. The second-order valence-corrected chi connectivity index (χ2v) is 4.59. The number of ether oxygens (including phenoxy) is 1. The maximum atomic E-state index is 12.0. The fourth-order valence-corrected chi connectivity index (χ4v) is 2.60. The summed E-state index contributed by atoms with van der Waals surface area (Å²) in [6.07, 6.45) is 0. The van der Waals surface area contributed by atoms with E-state index in [0.29, 0.717) is 12.3 Å². The van der Waals surface area contributed by atoms with Gasteiger partial charge in [-0.1, -0.05) is 12.1 Å². The predicted molar refractivity (Wildman–Crippen MR) is 71.1 cm³/mol. The van der Waals surface area contributed by atoms with Gasteiger partial charge in [0, 0.05) is 18.0 Å². The fourth-order valence-electron chi connectivity index (χ4n) is 2.60. The van der Waals surface area contributed by atoms with Crippen LogP contribution in [0.15, 0.2) is 24.3 Å². The highest BCUT2D eigenvalue weighted by Gasteiger charge is 2.24. The van der Waals surface area contributed by atoms with Gasteiger partial charge in [0.05, 0.1) is 17.8 Å². The van der Waals surface area contributed by atoms with Crippen LogP contribution in [0.25, 0.3) is 10.9 Å². The highest BCUT2D eigenvalue weighted by molar-refractivity contribution is 6.00. The number of para-hydroxylation sites is 1. The third-order valence-corrected chi connectivity index (χ3v) is 3.37. The summed E-state index contributed by atoms with van der Waals surface area (Å²) in [5.74, 6) is -0.242. The van der Waals surface area contributed by atoms with Crippen LogP contribution in [0, 0.1) is 0 Å². The molecule has 94 valence electrons. The molecule has 0 spiro atoms. The molecule has 3 rings (SSSR count). The number of nitrogens with zero attached hydrogens (tertiary/aromatic N) is 1. The Morgan fingerprint density at radius 2 is 2.39 bits per heavy atom. The van der Waals surface area contributed by atoms with Crippen LogP contribution in [0.4, 0.5) is 5.69 Å². The Kier molecular flexibility index (Phi) is 2.51. The van der Waals surface area contributed by atoms with Gasteiger partial charge >= 0.3 is 5.97 Å². The quantitative estimate of drug-likeness (QED) is 0.826. The molecule has 0 saturated heterocycles. The first kappa shape index (κ1) is 11.1. The Hall–Kier alpha value is -1.97. The van der Waals surface area contributed by atoms with Gasteiger partial charge in [0.1, 0.15) is 5.69 Å². The van der Waals surface area contributed by atoms with Crippen molar-refractivity contribution in [2.45, 2.75) is 19.9 Å². The molecule has 1 aromatic carbocycles. The first-order valence-corrected chi connectivity index (χ1v) is 6.27. The molecule has 0 amide bonds. The first-order valence-electron chi connectivity index (χ1n) is 6.27. The number of benzene rings is 1. The van der Waals surface area contributed by atoms with Gasteiger partial charge < -0.3 is 14.6 Å². The first-order chi connectivity index (χ1) is 8.72. The van der Waals surface area contributed by atoms with E-state index in [1.807, 2.05) is 31.2 Å². The van der Waals surface area contributed by atoms with Crippen molar-refractivity contribution in [2.75, 3.05) is 18.5 Å². The van der Waals surface area contributed by atoms with Crippen molar-refractivity contribution in [3.05, 3.63) is 30.0 Å². The Bertz CT molecular complexity index is 616. The molecule has 1 aromatic heterocycles. The van der Waals surface area contributed by atoms with Crippen LogP contribution in [0.3, 0.4) is 0 Å². The summed E-state index contributed by atoms with van der Waals surface area (Å²) in [7, 11) is 0. The van der Waals surface area contributed by atoms with Gasteiger partial charge in [-0.2, -0.15) is 0 Å². The van der Waals surface area contributed by atoms with Crippen molar-refractivity contribution in [1.29, 1.82) is 0 Å². The predicted octanol–water partition coefficient (Wildman–Crippen LogP) is 2.80. The third-order valence-electron chi connectivity index (χ3n) is 3.37. The molecule has 1 N–H and O–H groups in total. The summed E-state index contributed by atoms with van der Waals surface area (Å²) < 4.78 is 7.21. The molecule has 0 bridgehead atoms. The molecular formula is C14H16N2O2. The van der Waals surface area contributed by atoms with Crippen molar-refractivity contribution in [3.8, 4) is 0 Å². The Balaban J connectivity index is 2.25. The van der Waals surface area contributed by atoms with E-state index in [1.54, 1.807) is 0 Å². The zero-order chi connectivity index (χ0) is 12.7. The SMILES string of the molecule is CCOC(=O)c1cc2cccc3c2n1C(C)CN3. The molecular weight excluding hydrogens is 228 g/mol. The van der Waals surface area contributed by atoms with Crippen LogP contribution in [-0.2, 0) is 4.74 Å². The molecule has 1 aliphatic heterocycles. The molecule has 0 radical (unpaired) electrons. The third kappa shape index (κ3) is 1.49. The molecule has 2 aromatic rings. The zero-order valence-corrected chi connectivity index (χ0v) is 10.6. The van der Waals surface area contributed by atoms with Crippen LogP contribution in [-0.4, -0.2) is 23.7 Å². The average molecular weight is 244 g/mol. The highest BCUT2D eigenvalue weighted by Crippen LogP contribution is 2.33. The summed E-state index contributed by atoms with van der Waals surface area (Å²) in [6.45, 7) is 5.16. The van der Waals surface area contributed by atoms with E-state index in [0.717, 1.165) is 23.1 Å². The van der Waals surface area contributed by atoms with Gasteiger partial charge in [0.25, 0.3) is 0 Å². The molecule has 1 unspecified atom stereocenters. The molecule has 4 heteroatoms. The summed E-state index contributed by atoms with van der Waals surface area (Å²) in [5.41, 5.74) is 2.83. The van der Waals surface area contributed by atoms with E-state index in [1.165, 1.54) is 0 Å². The van der Waals surface area contributed by atoms with Crippen LogP contribution in [0.5, 0.6) is 0 Å². The number of hydrogen-bond acceptors (Lipinski definition) is 3. The minimum Gasteiger partial charge on any atom is -0.461 e. The van der Waals surface area contributed by atoms with E-state index >= 15 is 0 Å². The maximum absolute atomic E-state index is 12.0. The van der Waals surface area contributed by atoms with Gasteiger partial charge in [-0.3, -0.25) is 0 Å². The number of rotatable bonds is 2. The van der Waals surface area contributed by atoms with Gasteiger partial charge in [-0.05, 0) is 26.0 Å². The van der Waals surface area contributed by atoms with E-state index < -0.39 is 0 Å². The van der Waals surface area contributed by atoms with E-state index in [9.17, 15) is 4.79 Å². The molecule has 1 aliphatic rings. The van der Waals surface area contributed by atoms with Crippen molar-refractivity contribution >= 4 is 22.6 Å². The molecule has 0 saturated carbocycles. The number of carbonyl (C=O) groups is 1. The van der Waals surface area contributed by atoms with Gasteiger partial charge in [-0.25, -0.2) is 4.79 Å². The largest absolute Gasteiger partial charge is 0.461 e. The van der Waals surface area contributed by atoms with Gasteiger partial charge in [0.2, 0.25) is 0 Å². The van der Waals surface area contributed by atoms with Crippen LogP contribution >= 0.6 is 0 Å². The van der Waals surface area contributed by atoms with Crippen molar-refractivity contribution < 1.29 is 9.53 Å². The molecule has 0 fully saturated rings. The molecule has 1 atom stereocenters.